The van der Waals surface area contributed by atoms with Crippen LogP contribution in [-0.4, -0.2) is 59.5 Å². The number of hydrazine groups is 1. The van der Waals surface area contributed by atoms with Crippen molar-refractivity contribution in [3.05, 3.63) is 35.9 Å². The SMILES string of the molecule is COC(=O)CCN(CCC(=O)NN1C(=O)NC2(CCCCC2)C1=O)Cc1ccccc1. The number of urea groups is 1. The van der Waals surface area contributed by atoms with Crippen LogP contribution < -0.4 is 10.7 Å². The molecule has 31 heavy (non-hydrogen) atoms. The number of benzene rings is 1. The Morgan fingerprint density at radius 3 is 2.45 bits per heavy atom. The lowest BCUT2D eigenvalue weighted by Gasteiger charge is -2.30. The molecule has 0 aromatic heterocycles. The number of carbonyl (C=O) groups is 4. The number of hydrogen-bond acceptors (Lipinski definition) is 6. The van der Waals surface area contributed by atoms with Crippen molar-refractivity contribution in [2.45, 2.75) is 57.0 Å². The van der Waals surface area contributed by atoms with Gasteiger partial charge in [-0.25, -0.2) is 4.79 Å². The van der Waals surface area contributed by atoms with Crippen LogP contribution >= 0.6 is 0 Å². The van der Waals surface area contributed by atoms with Crippen molar-refractivity contribution in [2.24, 2.45) is 0 Å². The van der Waals surface area contributed by atoms with Crippen molar-refractivity contribution in [3.63, 3.8) is 0 Å². The van der Waals surface area contributed by atoms with E-state index < -0.39 is 17.5 Å². The Labute approximate surface area is 182 Å². The molecular weight excluding hydrogens is 400 g/mol. The molecule has 1 aliphatic heterocycles. The van der Waals surface area contributed by atoms with Gasteiger partial charge in [0, 0.05) is 26.1 Å². The van der Waals surface area contributed by atoms with Gasteiger partial charge < -0.3 is 10.1 Å². The molecule has 1 heterocycles. The minimum absolute atomic E-state index is 0.0814. The van der Waals surface area contributed by atoms with Crippen molar-refractivity contribution in [3.8, 4) is 0 Å². The second-order valence-corrected chi connectivity index (χ2v) is 8.09. The molecule has 0 atom stereocenters. The van der Waals surface area contributed by atoms with E-state index in [2.05, 4.69) is 10.7 Å². The quantitative estimate of drug-likeness (QED) is 0.456. The Bertz CT molecular complexity index is 807. The van der Waals surface area contributed by atoms with Crippen molar-refractivity contribution in [1.82, 2.24) is 20.7 Å². The summed E-state index contributed by atoms with van der Waals surface area (Å²) in [6, 6.07) is 9.15. The first-order valence-electron chi connectivity index (χ1n) is 10.7. The van der Waals surface area contributed by atoms with Gasteiger partial charge in [0.05, 0.1) is 13.5 Å². The van der Waals surface area contributed by atoms with Crippen LogP contribution in [-0.2, 0) is 25.7 Å². The van der Waals surface area contributed by atoms with Crippen LogP contribution in [0.25, 0.3) is 0 Å². The molecule has 1 aromatic rings. The number of ether oxygens (including phenoxy) is 1. The van der Waals surface area contributed by atoms with E-state index in [1.54, 1.807) is 0 Å². The van der Waals surface area contributed by atoms with Crippen LogP contribution in [0, 0.1) is 0 Å². The molecular formula is C22H30N4O5. The van der Waals surface area contributed by atoms with Crippen LogP contribution in [0.2, 0.25) is 0 Å². The summed E-state index contributed by atoms with van der Waals surface area (Å²) in [5.41, 5.74) is 2.64. The van der Waals surface area contributed by atoms with E-state index in [1.807, 2.05) is 35.2 Å². The molecule has 3 rings (SSSR count). The largest absolute Gasteiger partial charge is 0.469 e. The third-order valence-electron chi connectivity index (χ3n) is 5.87. The molecule has 9 nitrogen and oxygen atoms in total. The molecule has 0 bridgehead atoms. The third-order valence-corrected chi connectivity index (χ3v) is 5.87. The van der Waals surface area contributed by atoms with Crippen molar-refractivity contribution in [2.75, 3.05) is 20.2 Å². The molecule has 1 aliphatic carbocycles. The number of carbonyl (C=O) groups excluding carboxylic acids is 4. The van der Waals surface area contributed by atoms with Crippen molar-refractivity contribution in [1.29, 1.82) is 0 Å². The Hall–Kier alpha value is -2.94. The number of amides is 4. The topological polar surface area (TPSA) is 108 Å². The van der Waals surface area contributed by atoms with Gasteiger partial charge in [-0.1, -0.05) is 49.6 Å². The molecule has 168 valence electrons. The lowest BCUT2D eigenvalue weighted by Crippen LogP contribution is -2.51. The Morgan fingerprint density at radius 1 is 1.10 bits per heavy atom. The van der Waals surface area contributed by atoms with E-state index in [0.717, 1.165) is 29.8 Å². The van der Waals surface area contributed by atoms with E-state index in [1.165, 1.54) is 7.11 Å². The minimum atomic E-state index is -0.873. The maximum absolute atomic E-state index is 12.8. The van der Waals surface area contributed by atoms with E-state index >= 15 is 0 Å². The number of imide groups is 1. The molecule has 1 saturated carbocycles. The van der Waals surface area contributed by atoms with E-state index in [0.29, 0.717) is 32.5 Å². The maximum Gasteiger partial charge on any atom is 0.344 e. The molecule has 9 heteroatoms. The number of nitrogens with one attached hydrogen (secondary N) is 2. The molecule has 2 N–H and O–H groups in total. The lowest BCUT2D eigenvalue weighted by molar-refractivity contribution is -0.141. The monoisotopic (exact) mass is 430 g/mol. The summed E-state index contributed by atoms with van der Waals surface area (Å²) in [4.78, 5) is 51.1. The van der Waals surface area contributed by atoms with Gasteiger partial charge in [-0.15, -0.1) is 0 Å². The highest BCUT2D eigenvalue weighted by atomic mass is 16.5. The van der Waals surface area contributed by atoms with Gasteiger partial charge in [-0.2, -0.15) is 5.01 Å². The summed E-state index contributed by atoms with van der Waals surface area (Å²) in [6.07, 6.45) is 4.29. The predicted octanol–water partition coefficient (Wildman–Crippen LogP) is 1.73. The molecule has 0 radical (unpaired) electrons. The zero-order chi connectivity index (χ0) is 22.3. The van der Waals surface area contributed by atoms with Crippen molar-refractivity contribution >= 4 is 23.8 Å². The van der Waals surface area contributed by atoms with E-state index in [4.69, 9.17) is 4.74 Å². The van der Waals surface area contributed by atoms with Crippen LogP contribution in [0.3, 0.4) is 0 Å². The van der Waals surface area contributed by atoms with Gasteiger partial charge in [0.25, 0.3) is 5.91 Å². The fourth-order valence-corrected chi connectivity index (χ4v) is 4.12. The smallest absolute Gasteiger partial charge is 0.344 e. The Morgan fingerprint density at radius 2 is 1.77 bits per heavy atom. The van der Waals surface area contributed by atoms with Gasteiger partial charge >= 0.3 is 12.0 Å². The summed E-state index contributed by atoms with van der Waals surface area (Å²) in [6.45, 7) is 1.37. The second kappa shape index (κ2) is 10.4. The Kier molecular flexibility index (Phi) is 7.62. The third kappa shape index (κ3) is 5.81. The Balaban J connectivity index is 1.55. The van der Waals surface area contributed by atoms with E-state index in [9.17, 15) is 19.2 Å². The fourth-order valence-electron chi connectivity index (χ4n) is 4.12. The molecule has 1 aromatic carbocycles. The number of hydrogen-bond donors (Lipinski definition) is 2. The maximum atomic E-state index is 12.8. The van der Waals surface area contributed by atoms with Crippen LogP contribution in [0.4, 0.5) is 4.79 Å². The molecule has 4 amide bonds. The normalized spacial score (nSPS) is 17.7. The molecule has 0 unspecified atom stereocenters. The molecule has 1 saturated heterocycles. The summed E-state index contributed by atoms with van der Waals surface area (Å²) < 4.78 is 4.71. The van der Waals surface area contributed by atoms with Crippen LogP contribution in [0.1, 0.15) is 50.5 Å². The van der Waals surface area contributed by atoms with Crippen LogP contribution in [0.5, 0.6) is 0 Å². The van der Waals surface area contributed by atoms with Crippen LogP contribution in [0.15, 0.2) is 30.3 Å². The highest BCUT2D eigenvalue weighted by molar-refractivity contribution is 6.08. The first kappa shape index (κ1) is 22.7. The minimum Gasteiger partial charge on any atom is -0.469 e. The summed E-state index contributed by atoms with van der Waals surface area (Å²) in [5.74, 6) is -1.12. The zero-order valence-electron chi connectivity index (χ0n) is 17.9. The number of methoxy groups -OCH3 is 1. The fraction of sp³-hybridized carbons (Fsp3) is 0.545. The first-order chi connectivity index (χ1) is 14.9. The summed E-state index contributed by atoms with van der Waals surface area (Å²) in [5, 5.41) is 3.60. The van der Waals surface area contributed by atoms with Gasteiger partial charge in [-0.05, 0) is 18.4 Å². The number of nitrogens with zero attached hydrogens (tertiary/aromatic N) is 2. The summed E-state index contributed by atoms with van der Waals surface area (Å²) >= 11 is 0. The van der Waals surface area contributed by atoms with Gasteiger partial charge in [0.15, 0.2) is 0 Å². The molecule has 2 fully saturated rings. The lowest BCUT2D eigenvalue weighted by atomic mass is 9.82. The highest BCUT2D eigenvalue weighted by Gasteiger charge is 2.52. The number of esters is 1. The average Bonchev–Trinajstić information content (AvgIpc) is 3.00. The zero-order valence-corrected chi connectivity index (χ0v) is 17.9. The molecule has 1 spiro atoms. The predicted molar refractivity (Wildman–Crippen MR) is 112 cm³/mol. The highest BCUT2D eigenvalue weighted by Crippen LogP contribution is 2.32. The van der Waals surface area contributed by atoms with Gasteiger partial charge in [0.1, 0.15) is 5.54 Å². The molecule has 2 aliphatic rings. The average molecular weight is 431 g/mol. The first-order valence-corrected chi connectivity index (χ1v) is 10.7. The van der Waals surface area contributed by atoms with Gasteiger partial charge in [0.2, 0.25) is 5.91 Å². The standard InChI is InChI=1S/C22H30N4O5/c1-31-19(28)11-15-25(16-17-8-4-2-5-9-17)14-10-18(27)24-26-20(29)22(23-21(26)30)12-6-3-7-13-22/h2,4-5,8-9H,3,6-7,10-16H2,1H3,(H,23,30)(H,24,27). The second-order valence-electron chi connectivity index (χ2n) is 8.09. The van der Waals surface area contributed by atoms with Crippen molar-refractivity contribution < 1.29 is 23.9 Å². The number of rotatable bonds is 9. The van der Waals surface area contributed by atoms with E-state index in [-0.39, 0.29) is 24.7 Å². The summed E-state index contributed by atoms with van der Waals surface area (Å²) in [7, 11) is 1.34. The van der Waals surface area contributed by atoms with Gasteiger partial charge in [-0.3, -0.25) is 24.7 Å².